The molecule has 0 heterocycles. The Labute approximate surface area is 127 Å². The molecular weight excluding hydrogens is 284 g/mol. The van der Waals surface area contributed by atoms with Crippen LogP contribution in [0, 0.1) is 0 Å². The molecule has 1 atom stereocenters. The van der Waals surface area contributed by atoms with Crippen LogP contribution in [-0.4, -0.2) is 22.2 Å². The van der Waals surface area contributed by atoms with Crippen molar-refractivity contribution in [2.24, 2.45) is 0 Å². The van der Waals surface area contributed by atoms with Gasteiger partial charge in [0.05, 0.1) is 11.5 Å². The zero-order valence-electron chi connectivity index (χ0n) is 12.0. The fourth-order valence-corrected chi connectivity index (χ4v) is 2.01. The van der Waals surface area contributed by atoms with Gasteiger partial charge in [0.2, 0.25) is 0 Å². The smallest absolute Gasteiger partial charge is 0.336 e. The van der Waals surface area contributed by atoms with Crippen molar-refractivity contribution in [2.45, 2.75) is 19.4 Å². The molecule has 0 amide bonds. The van der Waals surface area contributed by atoms with Crippen LogP contribution in [0.3, 0.4) is 0 Å². The summed E-state index contributed by atoms with van der Waals surface area (Å²) in [5.41, 5.74) is 1.47. The van der Waals surface area contributed by atoms with Crippen molar-refractivity contribution >= 4 is 11.9 Å². The number of rotatable bonds is 6. The molecule has 0 spiro atoms. The first-order chi connectivity index (χ1) is 10.5. The summed E-state index contributed by atoms with van der Waals surface area (Å²) in [7, 11) is 0. The van der Waals surface area contributed by atoms with Crippen LogP contribution < -0.4 is 4.74 Å². The summed E-state index contributed by atoms with van der Waals surface area (Å²) in [5.74, 6) is -1.91. The van der Waals surface area contributed by atoms with Crippen molar-refractivity contribution in [3.05, 3.63) is 65.2 Å². The van der Waals surface area contributed by atoms with Gasteiger partial charge in [-0.2, -0.15) is 0 Å². The van der Waals surface area contributed by atoms with Gasteiger partial charge in [0, 0.05) is 5.56 Å². The zero-order valence-corrected chi connectivity index (χ0v) is 12.0. The van der Waals surface area contributed by atoms with Crippen molar-refractivity contribution in [1.82, 2.24) is 0 Å². The Morgan fingerprint density at radius 2 is 1.68 bits per heavy atom. The lowest BCUT2D eigenvalue weighted by Gasteiger charge is -2.10. The van der Waals surface area contributed by atoms with Crippen LogP contribution >= 0.6 is 0 Å². The van der Waals surface area contributed by atoms with Crippen molar-refractivity contribution in [3.8, 4) is 5.75 Å². The minimum absolute atomic E-state index is 0.135. The summed E-state index contributed by atoms with van der Waals surface area (Å²) in [6.45, 7) is 1.75. The van der Waals surface area contributed by atoms with Gasteiger partial charge in [-0.15, -0.1) is 0 Å². The van der Waals surface area contributed by atoms with Gasteiger partial charge in [-0.05, 0) is 30.7 Å². The number of hydrogen-bond acceptors (Lipinski definition) is 3. The molecule has 0 radical (unpaired) electrons. The van der Waals surface area contributed by atoms with Gasteiger partial charge in [0.25, 0.3) is 0 Å². The summed E-state index contributed by atoms with van der Waals surface area (Å²) in [4.78, 5) is 22.0. The predicted molar refractivity (Wildman–Crippen MR) is 80.2 cm³/mol. The number of hydrogen-bond donors (Lipinski definition) is 2. The monoisotopic (exact) mass is 300 g/mol. The third-order valence-electron chi connectivity index (χ3n) is 3.39. The van der Waals surface area contributed by atoms with Gasteiger partial charge < -0.3 is 14.9 Å². The van der Waals surface area contributed by atoms with Crippen LogP contribution in [0.2, 0.25) is 0 Å². The first kappa shape index (κ1) is 15.6. The van der Waals surface area contributed by atoms with Gasteiger partial charge in [-0.1, -0.05) is 30.3 Å². The number of carboxylic acids is 2. The fraction of sp³-hybridized carbons (Fsp3) is 0.176. The van der Waals surface area contributed by atoms with Gasteiger partial charge in [0.1, 0.15) is 12.4 Å². The molecule has 5 nitrogen and oxygen atoms in total. The lowest BCUT2D eigenvalue weighted by atomic mass is 10.0. The average molecular weight is 300 g/mol. The second-order valence-corrected chi connectivity index (χ2v) is 4.88. The highest BCUT2D eigenvalue weighted by Crippen LogP contribution is 2.20. The fourth-order valence-electron chi connectivity index (χ4n) is 2.01. The molecule has 114 valence electrons. The number of aromatic carboxylic acids is 1. The molecule has 2 aromatic rings. The quantitative estimate of drug-likeness (QED) is 0.856. The normalized spacial score (nSPS) is 11.7. The van der Waals surface area contributed by atoms with E-state index in [2.05, 4.69) is 0 Å². The van der Waals surface area contributed by atoms with Crippen LogP contribution in [0.15, 0.2) is 48.5 Å². The Kier molecular flexibility index (Phi) is 4.78. The maximum absolute atomic E-state index is 11.1. The Bertz CT molecular complexity index is 676. The average Bonchev–Trinajstić information content (AvgIpc) is 2.52. The third kappa shape index (κ3) is 3.63. The summed E-state index contributed by atoms with van der Waals surface area (Å²) < 4.78 is 5.57. The molecule has 2 N–H and O–H groups in total. The molecule has 0 aliphatic rings. The number of benzene rings is 2. The molecule has 2 rings (SSSR count). The lowest BCUT2D eigenvalue weighted by Crippen LogP contribution is -2.07. The van der Waals surface area contributed by atoms with E-state index in [4.69, 9.17) is 14.9 Å². The topological polar surface area (TPSA) is 83.8 Å². The van der Waals surface area contributed by atoms with E-state index in [0.717, 1.165) is 0 Å². The second kappa shape index (κ2) is 6.76. The molecule has 2 aromatic carbocycles. The summed E-state index contributed by atoms with van der Waals surface area (Å²) in [6, 6.07) is 13.4. The molecule has 0 saturated carbocycles. The molecular formula is C17H16O5. The Morgan fingerprint density at radius 3 is 2.27 bits per heavy atom. The van der Waals surface area contributed by atoms with Crippen LogP contribution in [0.25, 0.3) is 0 Å². The SMILES string of the molecule is C[C@@H](C(=O)O)c1ccc(OCc2ccccc2C(=O)O)cc1. The van der Waals surface area contributed by atoms with E-state index in [9.17, 15) is 9.59 Å². The van der Waals surface area contributed by atoms with Crippen LogP contribution in [-0.2, 0) is 11.4 Å². The number of carboxylic acid groups (broad SMARTS) is 2. The van der Waals surface area contributed by atoms with E-state index in [1.807, 2.05) is 0 Å². The van der Waals surface area contributed by atoms with E-state index in [1.165, 1.54) is 6.07 Å². The number of ether oxygens (including phenoxy) is 1. The van der Waals surface area contributed by atoms with E-state index in [0.29, 0.717) is 16.9 Å². The molecule has 0 bridgehead atoms. The van der Waals surface area contributed by atoms with Crippen LogP contribution in [0.5, 0.6) is 5.75 Å². The summed E-state index contributed by atoms with van der Waals surface area (Å²) in [6.07, 6.45) is 0. The lowest BCUT2D eigenvalue weighted by molar-refractivity contribution is -0.138. The maximum atomic E-state index is 11.1. The van der Waals surface area contributed by atoms with E-state index in [1.54, 1.807) is 49.4 Å². The van der Waals surface area contributed by atoms with Gasteiger partial charge in [0.15, 0.2) is 0 Å². The van der Waals surface area contributed by atoms with E-state index >= 15 is 0 Å². The molecule has 22 heavy (non-hydrogen) atoms. The van der Waals surface area contributed by atoms with Crippen molar-refractivity contribution < 1.29 is 24.5 Å². The van der Waals surface area contributed by atoms with E-state index < -0.39 is 17.9 Å². The summed E-state index contributed by atoms with van der Waals surface area (Å²) in [5, 5.41) is 18.1. The molecule has 0 saturated heterocycles. The second-order valence-electron chi connectivity index (χ2n) is 4.88. The number of aliphatic carboxylic acids is 1. The van der Waals surface area contributed by atoms with Crippen molar-refractivity contribution in [1.29, 1.82) is 0 Å². The third-order valence-corrected chi connectivity index (χ3v) is 3.39. The Morgan fingerprint density at radius 1 is 1.05 bits per heavy atom. The minimum Gasteiger partial charge on any atom is -0.489 e. The van der Waals surface area contributed by atoms with Crippen molar-refractivity contribution in [2.75, 3.05) is 0 Å². The van der Waals surface area contributed by atoms with Gasteiger partial charge in [-0.3, -0.25) is 4.79 Å². The molecule has 5 heteroatoms. The zero-order chi connectivity index (χ0) is 16.1. The van der Waals surface area contributed by atoms with Gasteiger partial charge in [-0.25, -0.2) is 4.79 Å². The molecule has 0 aliphatic heterocycles. The molecule has 0 fully saturated rings. The first-order valence-corrected chi connectivity index (χ1v) is 6.76. The highest BCUT2D eigenvalue weighted by molar-refractivity contribution is 5.89. The van der Waals surface area contributed by atoms with E-state index in [-0.39, 0.29) is 12.2 Å². The van der Waals surface area contributed by atoms with Crippen molar-refractivity contribution in [3.63, 3.8) is 0 Å². The minimum atomic E-state index is -0.996. The van der Waals surface area contributed by atoms with Crippen LogP contribution in [0.4, 0.5) is 0 Å². The largest absolute Gasteiger partial charge is 0.489 e. The molecule has 0 aliphatic carbocycles. The molecule has 0 unspecified atom stereocenters. The Hall–Kier alpha value is -2.82. The molecule has 0 aromatic heterocycles. The first-order valence-electron chi connectivity index (χ1n) is 6.76. The van der Waals surface area contributed by atoms with Gasteiger partial charge >= 0.3 is 11.9 Å². The van der Waals surface area contributed by atoms with Crippen LogP contribution in [0.1, 0.15) is 34.3 Å². The maximum Gasteiger partial charge on any atom is 0.336 e. The summed E-state index contributed by atoms with van der Waals surface area (Å²) >= 11 is 0. The standard InChI is InChI=1S/C17H16O5/c1-11(16(18)19)12-6-8-14(9-7-12)22-10-13-4-2-3-5-15(13)17(20)21/h2-9,11H,10H2,1H3,(H,18,19)(H,20,21)/t11-/m1/s1. The number of carbonyl (C=O) groups is 2. The predicted octanol–water partition coefficient (Wildman–Crippen LogP) is 3.15. The highest BCUT2D eigenvalue weighted by atomic mass is 16.5. The Balaban J connectivity index is 2.07. The highest BCUT2D eigenvalue weighted by Gasteiger charge is 2.13.